The van der Waals surface area contributed by atoms with Crippen molar-refractivity contribution in [3.05, 3.63) is 99.9 Å². The zero-order valence-electron chi connectivity index (χ0n) is 18.5. The van der Waals surface area contributed by atoms with Gasteiger partial charge in [-0.05, 0) is 48.0 Å². The fourth-order valence-corrected chi connectivity index (χ4v) is 5.23. The third-order valence-electron chi connectivity index (χ3n) is 5.63. The van der Waals surface area contributed by atoms with E-state index in [1.54, 1.807) is 18.2 Å². The van der Waals surface area contributed by atoms with Gasteiger partial charge in [-0.2, -0.15) is 4.31 Å². The summed E-state index contributed by atoms with van der Waals surface area (Å²) in [5.74, 6) is -1.08. The lowest BCUT2D eigenvalue weighted by Crippen LogP contribution is -2.48. The second-order valence-electron chi connectivity index (χ2n) is 7.90. The summed E-state index contributed by atoms with van der Waals surface area (Å²) in [6, 6.07) is 17.3. The van der Waals surface area contributed by atoms with Gasteiger partial charge in [0, 0.05) is 44.0 Å². The molecule has 1 fully saturated rings. The Labute approximate surface area is 201 Å². The van der Waals surface area contributed by atoms with Crippen LogP contribution >= 0.6 is 0 Å². The van der Waals surface area contributed by atoms with Gasteiger partial charge >= 0.3 is 5.97 Å². The second-order valence-corrected chi connectivity index (χ2v) is 9.84. The molecule has 35 heavy (non-hydrogen) atoms. The third kappa shape index (κ3) is 5.64. The van der Waals surface area contributed by atoms with Crippen molar-refractivity contribution in [2.24, 2.45) is 0 Å². The number of piperazine rings is 1. The molecule has 1 aliphatic rings. The van der Waals surface area contributed by atoms with E-state index in [0.717, 1.165) is 5.69 Å². The maximum atomic E-state index is 13.2. The van der Waals surface area contributed by atoms with Crippen LogP contribution in [0.15, 0.2) is 77.7 Å². The molecular weight excluding hydrogens is 477 g/mol. The largest absolute Gasteiger partial charge is 0.457 e. The predicted molar refractivity (Wildman–Crippen MR) is 126 cm³/mol. The van der Waals surface area contributed by atoms with Crippen LogP contribution in [-0.4, -0.2) is 49.8 Å². The van der Waals surface area contributed by atoms with Crippen molar-refractivity contribution in [2.45, 2.75) is 11.5 Å². The van der Waals surface area contributed by atoms with E-state index >= 15 is 0 Å². The molecule has 0 aromatic heterocycles. The van der Waals surface area contributed by atoms with Crippen molar-refractivity contribution in [2.75, 3.05) is 31.1 Å². The number of non-ortho nitro benzene ring substituents is 1. The molecule has 3 aromatic rings. The van der Waals surface area contributed by atoms with Crippen LogP contribution in [0, 0.1) is 15.9 Å². The van der Waals surface area contributed by atoms with E-state index in [-0.39, 0.29) is 41.7 Å². The Bertz CT molecular complexity index is 1340. The Hall–Kier alpha value is -3.83. The number of hydrogen-bond donors (Lipinski definition) is 0. The number of rotatable bonds is 7. The van der Waals surface area contributed by atoms with Crippen LogP contribution in [0.2, 0.25) is 0 Å². The molecule has 3 aromatic carbocycles. The van der Waals surface area contributed by atoms with E-state index in [2.05, 4.69) is 0 Å². The van der Waals surface area contributed by atoms with Crippen molar-refractivity contribution in [3.63, 3.8) is 0 Å². The molecule has 0 atom stereocenters. The molecule has 11 heteroatoms. The van der Waals surface area contributed by atoms with Crippen LogP contribution in [0.25, 0.3) is 0 Å². The Morgan fingerprint density at radius 3 is 2.34 bits per heavy atom. The zero-order valence-corrected chi connectivity index (χ0v) is 19.4. The number of benzene rings is 3. The summed E-state index contributed by atoms with van der Waals surface area (Å²) in [6.07, 6.45) is 0. The lowest BCUT2D eigenvalue weighted by atomic mass is 10.2. The van der Waals surface area contributed by atoms with Gasteiger partial charge in [0.25, 0.3) is 5.69 Å². The first-order valence-electron chi connectivity index (χ1n) is 10.8. The molecule has 0 spiro atoms. The SMILES string of the molecule is O=C(OCc1cccc([N+](=O)[O-])c1)c1cccc(S(=O)(=O)N2CCN(c3ccc(F)cc3)CC2)c1. The highest BCUT2D eigenvalue weighted by Crippen LogP contribution is 2.23. The molecule has 4 rings (SSSR count). The highest BCUT2D eigenvalue weighted by Gasteiger charge is 2.29. The average molecular weight is 500 g/mol. The molecule has 1 saturated heterocycles. The van der Waals surface area contributed by atoms with Crippen LogP contribution in [0.5, 0.6) is 0 Å². The number of nitro groups is 1. The van der Waals surface area contributed by atoms with Crippen LogP contribution in [0.4, 0.5) is 15.8 Å². The van der Waals surface area contributed by atoms with Crippen LogP contribution in [-0.2, 0) is 21.4 Å². The van der Waals surface area contributed by atoms with E-state index in [4.69, 9.17) is 4.74 Å². The van der Waals surface area contributed by atoms with Gasteiger partial charge in [0.1, 0.15) is 12.4 Å². The standard InChI is InChI=1S/C24H22FN3O6S/c25-20-7-9-21(10-8-20)26-11-13-27(14-12-26)35(32,33)23-6-2-4-19(16-23)24(29)34-17-18-3-1-5-22(15-18)28(30)31/h1-10,15-16H,11-14,17H2. The quantitative estimate of drug-likeness (QED) is 0.277. The number of hydrogen-bond acceptors (Lipinski definition) is 7. The normalized spacial score (nSPS) is 14.5. The summed E-state index contributed by atoms with van der Waals surface area (Å²) in [6.45, 7) is 1.16. The zero-order chi connectivity index (χ0) is 25.0. The minimum Gasteiger partial charge on any atom is -0.457 e. The topological polar surface area (TPSA) is 110 Å². The number of nitrogens with zero attached hydrogens (tertiary/aromatic N) is 3. The Kier molecular flexibility index (Phi) is 7.08. The van der Waals surface area contributed by atoms with Gasteiger partial charge in [0.15, 0.2) is 0 Å². The van der Waals surface area contributed by atoms with E-state index in [9.17, 15) is 27.7 Å². The van der Waals surface area contributed by atoms with Crippen molar-refractivity contribution in [1.82, 2.24) is 4.31 Å². The highest BCUT2D eigenvalue weighted by atomic mass is 32.2. The van der Waals surface area contributed by atoms with Gasteiger partial charge in [0.05, 0.1) is 15.4 Å². The number of halogens is 1. The molecule has 0 bridgehead atoms. The maximum absolute atomic E-state index is 13.2. The summed E-state index contributed by atoms with van der Waals surface area (Å²) in [5, 5.41) is 10.9. The first kappa shape index (κ1) is 24.3. The fourth-order valence-electron chi connectivity index (χ4n) is 3.76. The molecule has 0 N–H and O–H groups in total. The van der Waals surface area contributed by atoms with Crippen LogP contribution < -0.4 is 4.90 Å². The van der Waals surface area contributed by atoms with Crippen molar-refractivity contribution in [3.8, 4) is 0 Å². The number of carbonyl (C=O) groups excluding carboxylic acids is 1. The highest BCUT2D eigenvalue weighted by molar-refractivity contribution is 7.89. The van der Waals surface area contributed by atoms with Crippen LogP contribution in [0.3, 0.4) is 0 Å². The van der Waals surface area contributed by atoms with E-state index in [1.807, 2.05) is 4.90 Å². The van der Waals surface area contributed by atoms with E-state index in [1.165, 1.54) is 58.9 Å². The molecule has 0 aliphatic carbocycles. The second kappa shape index (κ2) is 10.2. The lowest BCUT2D eigenvalue weighted by Gasteiger charge is -2.35. The van der Waals surface area contributed by atoms with Gasteiger partial charge in [-0.25, -0.2) is 17.6 Å². The number of nitro benzene ring substituents is 1. The number of carbonyl (C=O) groups is 1. The summed E-state index contributed by atoms with van der Waals surface area (Å²) in [7, 11) is -3.85. The number of anilines is 1. The number of ether oxygens (including phenoxy) is 1. The Morgan fingerprint density at radius 2 is 1.66 bits per heavy atom. The minimum absolute atomic E-state index is 0.0301. The predicted octanol–water partition coefficient (Wildman–Crippen LogP) is 3.60. The molecule has 0 radical (unpaired) electrons. The molecule has 1 aliphatic heterocycles. The van der Waals surface area contributed by atoms with Gasteiger partial charge in [-0.1, -0.05) is 18.2 Å². The van der Waals surface area contributed by atoms with Gasteiger partial charge in [-0.15, -0.1) is 0 Å². The Morgan fingerprint density at radius 1 is 0.971 bits per heavy atom. The van der Waals surface area contributed by atoms with Gasteiger partial charge in [0.2, 0.25) is 10.0 Å². The minimum atomic E-state index is -3.85. The van der Waals surface area contributed by atoms with Crippen molar-refractivity contribution in [1.29, 1.82) is 0 Å². The number of esters is 1. The van der Waals surface area contributed by atoms with Crippen molar-refractivity contribution < 1.29 is 27.3 Å². The molecule has 9 nitrogen and oxygen atoms in total. The van der Waals surface area contributed by atoms with E-state index < -0.39 is 20.9 Å². The maximum Gasteiger partial charge on any atom is 0.338 e. The lowest BCUT2D eigenvalue weighted by molar-refractivity contribution is -0.384. The fraction of sp³-hybridized carbons (Fsp3) is 0.208. The van der Waals surface area contributed by atoms with E-state index in [0.29, 0.717) is 18.7 Å². The van der Waals surface area contributed by atoms with Gasteiger partial charge in [-0.3, -0.25) is 10.1 Å². The van der Waals surface area contributed by atoms with Crippen molar-refractivity contribution >= 4 is 27.4 Å². The first-order valence-corrected chi connectivity index (χ1v) is 12.2. The summed E-state index contributed by atoms with van der Waals surface area (Å²) < 4.78 is 46.1. The Balaban J connectivity index is 1.41. The average Bonchev–Trinajstić information content (AvgIpc) is 2.88. The molecule has 182 valence electrons. The number of sulfonamides is 1. The van der Waals surface area contributed by atoms with Gasteiger partial charge < -0.3 is 9.64 Å². The first-order chi connectivity index (χ1) is 16.7. The smallest absolute Gasteiger partial charge is 0.338 e. The summed E-state index contributed by atoms with van der Waals surface area (Å²) >= 11 is 0. The monoisotopic (exact) mass is 499 g/mol. The molecule has 0 saturated carbocycles. The molecule has 1 heterocycles. The third-order valence-corrected chi connectivity index (χ3v) is 7.52. The molecular formula is C24H22FN3O6S. The molecule has 0 unspecified atom stereocenters. The summed E-state index contributed by atoms with van der Waals surface area (Å²) in [5.41, 5.74) is 1.19. The van der Waals surface area contributed by atoms with Crippen LogP contribution in [0.1, 0.15) is 15.9 Å². The summed E-state index contributed by atoms with van der Waals surface area (Å²) in [4.78, 5) is 24.8. The molecule has 0 amide bonds.